The van der Waals surface area contributed by atoms with Crippen LogP contribution in [0.15, 0.2) is 56.5 Å². The molecule has 0 aliphatic carbocycles. The van der Waals surface area contributed by atoms with Gasteiger partial charge in [-0.25, -0.2) is 4.79 Å². The van der Waals surface area contributed by atoms with E-state index in [4.69, 9.17) is 8.83 Å². The summed E-state index contributed by atoms with van der Waals surface area (Å²) in [4.78, 5) is 23.9. The highest BCUT2D eigenvalue weighted by Gasteiger charge is 2.14. The van der Waals surface area contributed by atoms with E-state index in [1.807, 2.05) is 13.0 Å². The van der Waals surface area contributed by atoms with E-state index in [1.54, 1.807) is 36.8 Å². The minimum absolute atomic E-state index is 0.0565. The summed E-state index contributed by atoms with van der Waals surface area (Å²) in [6.07, 6.45) is 3.92. The van der Waals surface area contributed by atoms with Gasteiger partial charge in [-0.3, -0.25) is 9.36 Å². The number of carbonyl (C=O) groups is 1. The second-order valence-corrected chi connectivity index (χ2v) is 5.23. The summed E-state index contributed by atoms with van der Waals surface area (Å²) in [5, 5.41) is 2.87. The van der Waals surface area contributed by atoms with Gasteiger partial charge in [0.1, 0.15) is 6.54 Å². The number of hydrogen-bond acceptors (Lipinski definition) is 4. The molecule has 1 amide bonds. The van der Waals surface area contributed by atoms with Crippen molar-refractivity contribution in [3.05, 3.63) is 59.0 Å². The van der Waals surface area contributed by atoms with Crippen molar-refractivity contribution in [1.29, 1.82) is 0 Å². The molecule has 6 heteroatoms. The van der Waals surface area contributed by atoms with Gasteiger partial charge in [0.05, 0.1) is 18.0 Å². The molecule has 3 aromatic rings. The number of aromatic nitrogens is 1. The third-order valence-electron chi connectivity index (χ3n) is 3.40. The summed E-state index contributed by atoms with van der Waals surface area (Å²) in [7, 11) is 0. The number of hydrogen-bond donors (Lipinski definition) is 1. The Labute approximate surface area is 126 Å². The highest BCUT2D eigenvalue weighted by atomic mass is 16.4. The van der Waals surface area contributed by atoms with E-state index in [-0.39, 0.29) is 18.5 Å². The summed E-state index contributed by atoms with van der Waals surface area (Å²) < 4.78 is 11.4. The molecule has 0 radical (unpaired) electrons. The second kappa shape index (κ2) is 5.93. The summed E-state index contributed by atoms with van der Waals surface area (Å²) in [5.41, 5.74) is 2.11. The molecule has 1 unspecified atom stereocenters. The van der Waals surface area contributed by atoms with Crippen molar-refractivity contribution in [2.24, 2.45) is 0 Å². The minimum Gasteiger partial charge on any atom is -0.472 e. The Morgan fingerprint density at radius 1 is 1.32 bits per heavy atom. The van der Waals surface area contributed by atoms with Gasteiger partial charge in [0, 0.05) is 6.04 Å². The number of amides is 1. The fourth-order valence-electron chi connectivity index (χ4n) is 2.44. The van der Waals surface area contributed by atoms with Crippen molar-refractivity contribution in [2.45, 2.75) is 25.9 Å². The van der Waals surface area contributed by atoms with Crippen LogP contribution in [0.25, 0.3) is 11.1 Å². The first-order valence-electron chi connectivity index (χ1n) is 7.02. The van der Waals surface area contributed by atoms with Gasteiger partial charge in [-0.05, 0) is 37.1 Å². The molecule has 0 aliphatic rings. The SMILES string of the molecule is CC(Cc1ccoc1)NC(=O)Cn1c(=O)oc2ccccc21. The fourth-order valence-corrected chi connectivity index (χ4v) is 2.44. The van der Waals surface area contributed by atoms with Crippen LogP contribution in [0.2, 0.25) is 0 Å². The summed E-state index contributed by atoms with van der Waals surface area (Å²) in [5.74, 6) is -0.761. The maximum atomic E-state index is 12.1. The number of nitrogens with one attached hydrogen (secondary N) is 1. The lowest BCUT2D eigenvalue weighted by atomic mass is 10.1. The molecular formula is C16H16N2O4. The molecule has 1 N–H and O–H groups in total. The summed E-state index contributed by atoms with van der Waals surface area (Å²) in [6.45, 7) is 1.84. The van der Waals surface area contributed by atoms with E-state index < -0.39 is 5.76 Å². The molecule has 2 aromatic heterocycles. The Kier molecular flexibility index (Phi) is 3.82. The maximum Gasteiger partial charge on any atom is 0.420 e. The molecule has 0 spiro atoms. The Morgan fingerprint density at radius 2 is 2.14 bits per heavy atom. The van der Waals surface area contributed by atoms with E-state index in [0.717, 1.165) is 5.56 Å². The number of oxazole rings is 1. The molecule has 1 atom stereocenters. The van der Waals surface area contributed by atoms with Gasteiger partial charge in [0.25, 0.3) is 0 Å². The molecule has 0 saturated carbocycles. The van der Waals surface area contributed by atoms with Crippen LogP contribution < -0.4 is 11.1 Å². The lowest BCUT2D eigenvalue weighted by Gasteiger charge is -2.13. The monoisotopic (exact) mass is 300 g/mol. The van der Waals surface area contributed by atoms with Crippen LogP contribution >= 0.6 is 0 Å². The van der Waals surface area contributed by atoms with Crippen molar-refractivity contribution < 1.29 is 13.6 Å². The van der Waals surface area contributed by atoms with Gasteiger partial charge in [0.15, 0.2) is 5.58 Å². The molecule has 6 nitrogen and oxygen atoms in total. The Hall–Kier alpha value is -2.76. The van der Waals surface area contributed by atoms with E-state index in [1.165, 1.54) is 4.57 Å². The quantitative estimate of drug-likeness (QED) is 0.781. The lowest BCUT2D eigenvalue weighted by molar-refractivity contribution is -0.122. The maximum absolute atomic E-state index is 12.1. The smallest absolute Gasteiger partial charge is 0.420 e. The van der Waals surface area contributed by atoms with Crippen LogP contribution in [0.5, 0.6) is 0 Å². The van der Waals surface area contributed by atoms with Crippen LogP contribution in [0.3, 0.4) is 0 Å². The number of furan rings is 1. The highest BCUT2D eigenvalue weighted by molar-refractivity contribution is 5.79. The predicted octanol–water partition coefficient (Wildman–Crippen LogP) is 1.93. The third kappa shape index (κ3) is 2.95. The van der Waals surface area contributed by atoms with Crippen LogP contribution in [0.1, 0.15) is 12.5 Å². The number of nitrogens with zero attached hydrogens (tertiary/aromatic N) is 1. The van der Waals surface area contributed by atoms with E-state index in [2.05, 4.69) is 5.32 Å². The topological polar surface area (TPSA) is 77.4 Å². The first kappa shape index (κ1) is 14.2. The average molecular weight is 300 g/mol. The van der Waals surface area contributed by atoms with Crippen molar-refractivity contribution in [1.82, 2.24) is 9.88 Å². The lowest BCUT2D eigenvalue weighted by Crippen LogP contribution is -2.37. The minimum atomic E-state index is -0.529. The van der Waals surface area contributed by atoms with Crippen LogP contribution in [-0.2, 0) is 17.8 Å². The molecule has 2 heterocycles. The molecule has 22 heavy (non-hydrogen) atoms. The van der Waals surface area contributed by atoms with Gasteiger partial charge >= 0.3 is 5.76 Å². The van der Waals surface area contributed by atoms with Crippen molar-refractivity contribution in [3.63, 3.8) is 0 Å². The predicted molar refractivity (Wildman–Crippen MR) is 80.5 cm³/mol. The van der Waals surface area contributed by atoms with E-state index >= 15 is 0 Å². The molecule has 0 saturated heterocycles. The molecule has 0 fully saturated rings. The Morgan fingerprint density at radius 3 is 2.91 bits per heavy atom. The molecule has 114 valence electrons. The van der Waals surface area contributed by atoms with E-state index in [0.29, 0.717) is 17.5 Å². The summed E-state index contributed by atoms with van der Waals surface area (Å²) in [6, 6.07) is 8.83. The largest absolute Gasteiger partial charge is 0.472 e. The van der Waals surface area contributed by atoms with Crippen LogP contribution in [0.4, 0.5) is 0 Å². The Balaban J connectivity index is 1.68. The number of rotatable bonds is 5. The van der Waals surface area contributed by atoms with Crippen molar-refractivity contribution in [2.75, 3.05) is 0 Å². The molecule has 0 aliphatic heterocycles. The Bertz CT molecular complexity index is 829. The zero-order valence-electron chi connectivity index (χ0n) is 12.1. The third-order valence-corrected chi connectivity index (χ3v) is 3.40. The molecule has 1 aromatic carbocycles. The average Bonchev–Trinajstić information content (AvgIpc) is 3.08. The molecule has 3 rings (SSSR count). The zero-order chi connectivity index (χ0) is 15.5. The van der Waals surface area contributed by atoms with Crippen LogP contribution in [-0.4, -0.2) is 16.5 Å². The first-order chi connectivity index (χ1) is 10.6. The van der Waals surface area contributed by atoms with Crippen molar-refractivity contribution in [3.8, 4) is 0 Å². The highest BCUT2D eigenvalue weighted by Crippen LogP contribution is 2.11. The number of benzene rings is 1. The molecular weight excluding hydrogens is 284 g/mol. The standard InChI is InChI=1S/C16H16N2O4/c1-11(8-12-6-7-21-10-12)17-15(19)9-18-13-4-2-3-5-14(13)22-16(18)20/h2-7,10-11H,8-9H2,1H3,(H,17,19). The van der Waals surface area contributed by atoms with E-state index in [9.17, 15) is 9.59 Å². The van der Waals surface area contributed by atoms with Crippen molar-refractivity contribution >= 4 is 17.0 Å². The van der Waals surface area contributed by atoms with Gasteiger partial charge in [-0.2, -0.15) is 0 Å². The zero-order valence-corrected chi connectivity index (χ0v) is 12.1. The number of para-hydroxylation sites is 2. The van der Waals surface area contributed by atoms with Gasteiger partial charge in [0.2, 0.25) is 5.91 Å². The summed E-state index contributed by atoms with van der Waals surface area (Å²) >= 11 is 0. The van der Waals surface area contributed by atoms with Gasteiger partial charge in [-0.15, -0.1) is 0 Å². The molecule has 0 bridgehead atoms. The fraction of sp³-hybridized carbons (Fsp3) is 0.250. The first-order valence-corrected chi connectivity index (χ1v) is 7.02. The number of fused-ring (bicyclic) bond motifs is 1. The van der Waals surface area contributed by atoms with Crippen LogP contribution in [0, 0.1) is 0 Å². The van der Waals surface area contributed by atoms with Gasteiger partial charge in [-0.1, -0.05) is 12.1 Å². The van der Waals surface area contributed by atoms with Gasteiger partial charge < -0.3 is 14.2 Å². The second-order valence-electron chi connectivity index (χ2n) is 5.23. The number of carbonyl (C=O) groups excluding carboxylic acids is 1. The normalized spacial score (nSPS) is 12.4.